The summed E-state index contributed by atoms with van der Waals surface area (Å²) in [6.45, 7) is 15.4. The minimum absolute atomic E-state index is 0.359. The van der Waals surface area contributed by atoms with E-state index < -0.39 is 0 Å². The summed E-state index contributed by atoms with van der Waals surface area (Å²) in [6.07, 6.45) is 1.83. The first-order chi connectivity index (χ1) is 6.88. The molecule has 0 fully saturated rings. The average Bonchev–Trinajstić information content (AvgIpc) is 2.18. The normalized spacial score (nSPS) is 10.5. The lowest BCUT2D eigenvalue weighted by molar-refractivity contribution is 0.742. The summed E-state index contributed by atoms with van der Waals surface area (Å²) >= 11 is 0. The van der Waals surface area contributed by atoms with Crippen LogP contribution in [0, 0.1) is 0 Å². The summed E-state index contributed by atoms with van der Waals surface area (Å²) in [5.41, 5.74) is 1.17. The van der Waals surface area contributed by atoms with Crippen LogP contribution in [0.25, 0.3) is 6.08 Å². The van der Waals surface area contributed by atoms with Crippen LogP contribution in [0.2, 0.25) is 18.1 Å². The van der Waals surface area contributed by atoms with Crippen LogP contribution >= 0.6 is 0 Å². The summed E-state index contributed by atoms with van der Waals surface area (Å²) in [7, 11) is -0.359. The first-order valence-electron chi connectivity index (χ1n) is 5.55. The molecule has 0 heterocycles. The molecular formula is C14H24Si. The van der Waals surface area contributed by atoms with Crippen molar-refractivity contribution in [1.29, 1.82) is 0 Å². The highest BCUT2D eigenvalue weighted by Gasteiger charge is 2.15. The van der Waals surface area contributed by atoms with Crippen LogP contribution in [0.1, 0.15) is 26.3 Å². The Bertz CT molecular complexity index is 267. The van der Waals surface area contributed by atoms with Crippen molar-refractivity contribution in [2.75, 3.05) is 0 Å². The topological polar surface area (TPSA) is 0 Å². The maximum absolute atomic E-state index is 3.63. The third kappa shape index (κ3) is 7.15. The Morgan fingerprint density at radius 2 is 1.47 bits per heavy atom. The maximum Gasteiger partial charge on any atom is 0.0361 e. The van der Waals surface area contributed by atoms with E-state index in [2.05, 4.69) is 40.4 Å². The summed E-state index contributed by atoms with van der Waals surface area (Å²) in [5, 5.41) is 0.639. The molecule has 0 radical (unpaired) electrons. The van der Waals surface area contributed by atoms with Crippen molar-refractivity contribution < 1.29 is 0 Å². The van der Waals surface area contributed by atoms with Crippen LogP contribution in [0.4, 0.5) is 0 Å². The van der Waals surface area contributed by atoms with Gasteiger partial charge in [0.25, 0.3) is 0 Å². The third-order valence-corrected chi connectivity index (χ3v) is 6.23. The maximum atomic E-state index is 3.63. The molecule has 0 aliphatic rings. The van der Waals surface area contributed by atoms with Gasteiger partial charge < -0.3 is 0 Å². The number of hydrogen-bond donors (Lipinski definition) is 0. The second-order valence-electron chi connectivity index (χ2n) is 5.14. The molecule has 0 nitrogen and oxygen atoms in total. The van der Waals surface area contributed by atoms with Crippen LogP contribution in [0.15, 0.2) is 36.9 Å². The molecule has 1 aromatic carbocycles. The Hall–Kier alpha value is -0.823. The van der Waals surface area contributed by atoms with Gasteiger partial charge in [-0.3, -0.25) is 0 Å². The highest BCUT2D eigenvalue weighted by atomic mass is 28.3. The first-order valence-corrected chi connectivity index (χ1v) is 8.44. The van der Waals surface area contributed by atoms with Crippen molar-refractivity contribution in [1.82, 2.24) is 0 Å². The van der Waals surface area contributed by atoms with Gasteiger partial charge in [0.2, 0.25) is 0 Å². The van der Waals surface area contributed by atoms with Crippen LogP contribution in [0.3, 0.4) is 0 Å². The summed E-state index contributed by atoms with van der Waals surface area (Å²) in [4.78, 5) is 0. The van der Waals surface area contributed by atoms with E-state index in [0.29, 0.717) is 5.04 Å². The monoisotopic (exact) mass is 220 g/mol. The molecule has 0 atom stereocenters. The van der Waals surface area contributed by atoms with Gasteiger partial charge in [-0.2, -0.15) is 0 Å². The van der Waals surface area contributed by atoms with Gasteiger partial charge in [0.15, 0.2) is 0 Å². The van der Waals surface area contributed by atoms with Gasteiger partial charge in [-0.05, 0) is 10.6 Å². The molecule has 1 rings (SSSR count). The zero-order chi connectivity index (χ0) is 11.9. The first kappa shape index (κ1) is 14.2. The molecule has 0 spiro atoms. The molecule has 1 heteroatoms. The van der Waals surface area contributed by atoms with E-state index >= 15 is 0 Å². The van der Waals surface area contributed by atoms with E-state index in [1.807, 2.05) is 36.4 Å². The third-order valence-electron chi connectivity index (χ3n) is 2.77. The zero-order valence-corrected chi connectivity index (χ0v) is 11.9. The van der Waals surface area contributed by atoms with Crippen molar-refractivity contribution in [3.63, 3.8) is 0 Å². The van der Waals surface area contributed by atoms with E-state index in [9.17, 15) is 0 Å². The highest BCUT2D eigenvalue weighted by Crippen LogP contribution is 2.25. The van der Waals surface area contributed by atoms with Gasteiger partial charge in [0.05, 0.1) is 0 Å². The fourth-order valence-electron chi connectivity index (χ4n) is 0.589. The van der Waals surface area contributed by atoms with Crippen LogP contribution in [0.5, 0.6) is 0 Å². The average molecular weight is 220 g/mol. The Morgan fingerprint density at radius 3 is 1.67 bits per heavy atom. The number of benzene rings is 1. The van der Waals surface area contributed by atoms with Gasteiger partial charge in [-0.15, -0.1) is 0 Å². The van der Waals surface area contributed by atoms with Crippen molar-refractivity contribution >= 4 is 14.9 Å². The van der Waals surface area contributed by atoms with Gasteiger partial charge in [0, 0.05) is 8.80 Å². The molecular weight excluding hydrogens is 196 g/mol. The largest absolute Gasteiger partial charge is 0.0985 e. The summed E-state index contributed by atoms with van der Waals surface area (Å²) in [6, 6.07) is 10.0. The molecule has 0 aliphatic heterocycles. The molecule has 0 amide bonds. The fourth-order valence-corrected chi connectivity index (χ4v) is 0.589. The van der Waals surface area contributed by atoms with Gasteiger partial charge in [-0.25, -0.2) is 0 Å². The van der Waals surface area contributed by atoms with E-state index in [-0.39, 0.29) is 8.80 Å². The lowest BCUT2D eigenvalue weighted by atomic mass is 10.2. The summed E-state index contributed by atoms with van der Waals surface area (Å²) in [5.74, 6) is 0. The molecule has 84 valence electrons. The quantitative estimate of drug-likeness (QED) is 0.607. The molecule has 15 heavy (non-hydrogen) atoms. The van der Waals surface area contributed by atoms with Crippen molar-refractivity contribution in [2.45, 2.75) is 38.9 Å². The van der Waals surface area contributed by atoms with E-state index in [1.165, 1.54) is 5.56 Å². The molecule has 0 saturated carbocycles. The minimum atomic E-state index is -0.359. The Labute approximate surface area is 96.6 Å². The van der Waals surface area contributed by atoms with E-state index in [0.717, 1.165) is 0 Å². The molecule has 0 N–H and O–H groups in total. The van der Waals surface area contributed by atoms with Gasteiger partial charge >= 0.3 is 0 Å². The smallest absolute Gasteiger partial charge is 0.0361 e. The van der Waals surface area contributed by atoms with Gasteiger partial charge in [0.1, 0.15) is 0 Å². The Kier molecular flexibility index (Phi) is 6.26. The SMILES string of the molecule is C=Cc1ccccc1.C[SiH](C)C(C)(C)C. The predicted octanol–water partition coefficient (Wildman–Crippen LogP) is 4.60. The molecule has 0 bridgehead atoms. The van der Waals surface area contributed by atoms with Crippen LogP contribution < -0.4 is 0 Å². The molecule has 0 aromatic heterocycles. The van der Waals surface area contributed by atoms with Crippen molar-refractivity contribution in [2.24, 2.45) is 0 Å². The molecule has 1 aromatic rings. The van der Waals surface area contributed by atoms with Crippen LogP contribution in [-0.4, -0.2) is 8.80 Å². The number of hydrogen-bond acceptors (Lipinski definition) is 0. The highest BCUT2D eigenvalue weighted by molar-refractivity contribution is 6.59. The summed E-state index contributed by atoms with van der Waals surface area (Å²) < 4.78 is 0. The Balaban J connectivity index is 0.000000265. The fraction of sp³-hybridized carbons (Fsp3) is 0.429. The second-order valence-corrected chi connectivity index (χ2v) is 9.18. The molecule has 0 aliphatic carbocycles. The second kappa shape index (κ2) is 6.62. The van der Waals surface area contributed by atoms with E-state index in [1.54, 1.807) is 0 Å². The van der Waals surface area contributed by atoms with Crippen molar-refractivity contribution in [3.8, 4) is 0 Å². The lowest BCUT2D eigenvalue weighted by Crippen LogP contribution is -2.16. The molecule has 0 unspecified atom stereocenters. The minimum Gasteiger partial charge on any atom is -0.0985 e. The zero-order valence-electron chi connectivity index (χ0n) is 10.7. The lowest BCUT2D eigenvalue weighted by Gasteiger charge is -2.21. The van der Waals surface area contributed by atoms with Crippen LogP contribution in [-0.2, 0) is 0 Å². The number of rotatable bonds is 1. The standard InChI is InChI=1S/C8H8.C6H16Si/c1-2-8-6-4-3-5-7-8;1-6(2,3)7(4)5/h2-7H,1H2;7H,1-5H3. The Morgan fingerprint density at radius 1 is 1.07 bits per heavy atom. The predicted molar refractivity (Wildman–Crippen MR) is 75.1 cm³/mol. The van der Waals surface area contributed by atoms with Crippen molar-refractivity contribution in [3.05, 3.63) is 42.5 Å². The molecule has 0 saturated heterocycles. The van der Waals surface area contributed by atoms with Gasteiger partial charge in [-0.1, -0.05) is 76.9 Å². The van der Waals surface area contributed by atoms with E-state index in [4.69, 9.17) is 0 Å².